The zero-order chi connectivity index (χ0) is 13.2. The molecular weight excluding hydrogens is 236 g/mol. The Morgan fingerprint density at radius 3 is 2.89 bits per heavy atom. The van der Waals surface area contributed by atoms with Crippen molar-refractivity contribution in [1.82, 2.24) is 0 Å². The van der Waals surface area contributed by atoms with Gasteiger partial charge in [0.05, 0.1) is 0 Å². The van der Waals surface area contributed by atoms with E-state index >= 15 is 0 Å². The molecule has 1 amide bonds. The summed E-state index contributed by atoms with van der Waals surface area (Å²) in [6.45, 7) is 0.627. The predicted molar refractivity (Wildman–Crippen MR) is 77.0 cm³/mol. The van der Waals surface area contributed by atoms with Crippen LogP contribution < -0.4 is 11.1 Å². The molecule has 1 fully saturated rings. The second-order valence-electron chi connectivity index (χ2n) is 5.86. The highest BCUT2D eigenvalue weighted by atomic mass is 16.1. The molecule has 0 aromatic heterocycles. The van der Waals surface area contributed by atoms with E-state index in [1.165, 1.54) is 24.0 Å². The molecule has 3 rings (SSSR count). The van der Waals surface area contributed by atoms with Gasteiger partial charge in [0, 0.05) is 11.6 Å². The molecule has 0 spiro atoms. The maximum absolute atomic E-state index is 12.3. The van der Waals surface area contributed by atoms with Crippen LogP contribution in [0, 0.1) is 11.8 Å². The van der Waals surface area contributed by atoms with Gasteiger partial charge in [-0.15, -0.1) is 0 Å². The van der Waals surface area contributed by atoms with Gasteiger partial charge in [0.1, 0.15) is 0 Å². The van der Waals surface area contributed by atoms with Crippen molar-refractivity contribution in [3.8, 4) is 0 Å². The summed E-state index contributed by atoms with van der Waals surface area (Å²) in [6, 6.07) is 6.34. The maximum Gasteiger partial charge on any atom is 0.227 e. The number of nitrogens with one attached hydrogen (secondary N) is 1. The van der Waals surface area contributed by atoms with Gasteiger partial charge in [-0.1, -0.05) is 12.5 Å². The second-order valence-corrected chi connectivity index (χ2v) is 5.86. The highest BCUT2D eigenvalue weighted by Gasteiger charge is 2.31. The number of nitrogens with two attached hydrogens (primary N) is 1. The van der Waals surface area contributed by atoms with E-state index in [2.05, 4.69) is 17.4 Å². The Balaban J connectivity index is 1.69. The lowest BCUT2D eigenvalue weighted by atomic mass is 9.95. The summed E-state index contributed by atoms with van der Waals surface area (Å²) in [4.78, 5) is 12.3. The zero-order valence-corrected chi connectivity index (χ0v) is 11.3. The number of rotatable bonds is 3. The van der Waals surface area contributed by atoms with Crippen molar-refractivity contribution in [3.05, 3.63) is 29.3 Å². The Morgan fingerprint density at radius 2 is 2.05 bits per heavy atom. The van der Waals surface area contributed by atoms with E-state index in [4.69, 9.17) is 5.73 Å². The van der Waals surface area contributed by atoms with Crippen LogP contribution in [-0.4, -0.2) is 12.5 Å². The van der Waals surface area contributed by atoms with Crippen molar-refractivity contribution in [2.75, 3.05) is 11.9 Å². The Morgan fingerprint density at radius 1 is 1.21 bits per heavy atom. The molecule has 102 valence electrons. The summed E-state index contributed by atoms with van der Waals surface area (Å²) < 4.78 is 0. The highest BCUT2D eigenvalue weighted by Crippen LogP contribution is 2.32. The van der Waals surface area contributed by atoms with Crippen LogP contribution in [0.2, 0.25) is 0 Å². The SMILES string of the molecule is NC[C@H]1CCC[C@H]1C(=O)Nc1ccc2c(c1)CCC2. The van der Waals surface area contributed by atoms with Crippen molar-refractivity contribution in [1.29, 1.82) is 0 Å². The van der Waals surface area contributed by atoms with Crippen LogP contribution in [0.15, 0.2) is 18.2 Å². The summed E-state index contributed by atoms with van der Waals surface area (Å²) in [5.74, 6) is 0.638. The molecule has 3 N–H and O–H groups in total. The monoisotopic (exact) mass is 258 g/mol. The lowest BCUT2D eigenvalue weighted by molar-refractivity contribution is -0.120. The summed E-state index contributed by atoms with van der Waals surface area (Å²) in [5.41, 5.74) is 9.55. The normalized spacial score (nSPS) is 25.3. The fraction of sp³-hybridized carbons (Fsp3) is 0.562. The molecule has 2 aliphatic rings. The summed E-state index contributed by atoms with van der Waals surface area (Å²) >= 11 is 0. The van der Waals surface area contributed by atoms with Crippen LogP contribution in [0.25, 0.3) is 0 Å². The third-order valence-electron chi connectivity index (χ3n) is 4.66. The molecule has 0 aliphatic heterocycles. The standard InChI is InChI=1S/C16H22N2O/c17-10-13-5-2-6-15(13)16(19)18-14-8-7-11-3-1-4-12(11)9-14/h7-9,13,15H,1-6,10,17H2,(H,18,19)/t13-,15-/m1/s1. The zero-order valence-electron chi connectivity index (χ0n) is 11.3. The van der Waals surface area contributed by atoms with Gasteiger partial charge < -0.3 is 11.1 Å². The number of hydrogen-bond acceptors (Lipinski definition) is 2. The van der Waals surface area contributed by atoms with Crippen LogP contribution in [-0.2, 0) is 17.6 Å². The molecule has 3 heteroatoms. The molecule has 19 heavy (non-hydrogen) atoms. The molecule has 2 atom stereocenters. The Hall–Kier alpha value is -1.35. The van der Waals surface area contributed by atoms with Gasteiger partial charge in [0.25, 0.3) is 0 Å². The van der Waals surface area contributed by atoms with Crippen LogP contribution in [0.4, 0.5) is 5.69 Å². The molecule has 0 bridgehead atoms. The van der Waals surface area contributed by atoms with E-state index in [0.29, 0.717) is 12.5 Å². The number of carbonyl (C=O) groups is 1. The Kier molecular flexibility index (Phi) is 3.56. The van der Waals surface area contributed by atoms with E-state index < -0.39 is 0 Å². The average molecular weight is 258 g/mol. The molecule has 1 saturated carbocycles. The Labute approximate surface area is 114 Å². The third kappa shape index (κ3) is 2.52. The van der Waals surface area contributed by atoms with Gasteiger partial charge in [-0.25, -0.2) is 0 Å². The van der Waals surface area contributed by atoms with Crippen molar-refractivity contribution in [2.45, 2.75) is 38.5 Å². The van der Waals surface area contributed by atoms with Gasteiger partial charge in [0.2, 0.25) is 5.91 Å². The average Bonchev–Trinajstić information content (AvgIpc) is 3.06. The minimum Gasteiger partial charge on any atom is -0.330 e. The van der Waals surface area contributed by atoms with E-state index in [0.717, 1.165) is 31.4 Å². The van der Waals surface area contributed by atoms with E-state index in [-0.39, 0.29) is 11.8 Å². The number of carbonyl (C=O) groups excluding carboxylic acids is 1. The van der Waals surface area contributed by atoms with Gasteiger partial charge >= 0.3 is 0 Å². The van der Waals surface area contributed by atoms with Gasteiger partial charge in [-0.2, -0.15) is 0 Å². The first-order valence-corrected chi connectivity index (χ1v) is 7.40. The summed E-state index contributed by atoms with van der Waals surface area (Å²) in [7, 11) is 0. The quantitative estimate of drug-likeness (QED) is 0.875. The van der Waals surface area contributed by atoms with Crippen LogP contribution >= 0.6 is 0 Å². The smallest absolute Gasteiger partial charge is 0.227 e. The summed E-state index contributed by atoms with van der Waals surface area (Å²) in [6.07, 6.45) is 6.78. The molecule has 0 heterocycles. The lowest BCUT2D eigenvalue weighted by Gasteiger charge is -2.17. The number of anilines is 1. The molecule has 0 saturated heterocycles. The van der Waals surface area contributed by atoms with Crippen molar-refractivity contribution >= 4 is 11.6 Å². The van der Waals surface area contributed by atoms with Crippen molar-refractivity contribution in [3.63, 3.8) is 0 Å². The molecule has 3 nitrogen and oxygen atoms in total. The molecular formula is C16H22N2O. The maximum atomic E-state index is 12.3. The number of amides is 1. The second kappa shape index (κ2) is 5.33. The van der Waals surface area contributed by atoms with E-state index in [1.54, 1.807) is 0 Å². The molecule has 0 radical (unpaired) electrons. The topological polar surface area (TPSA) is 55.1 Å². The molecule has 1 aromatic carbocycles. The number of benzene rings is 1. The number of fused-ring (bicyclic) bond motifs is 1. The summed E-state index contributed by atoms with van der Waals surface area (Å²) in [5, 5.41) is 3.08. The minimum atomic E-state index is 0.109. The van der Waals surface area contributed by atoms with E-state index in [1.807, 2.05) is 6.07 Å². The first-order valence-electron chi connectivity index (χ1n) is 7.40. The fourth-order valence-corrected chi connectivity index (χ4v) is 3.55. The first kappa shape index (κ1) is 12.7. The largest absolute Gasteiger partial charge is 0.330 e. The lowest BCUT2D eigenvalue weighted by Crippen LogP contribution is -2.29. The van der Waals surface area contributed by atoms with Crippen molar-refractivity contribution in [2.24, 2.45) is 17.6 Å². The van der Waals surface area contributed by atoms with Crippen LogP contribution in [0.1, 0.15) is 36.8 Å². The number of hydrogen-bond donors (Lipinski definition) is 2. The first-order chi connectivity index (χ1) is 9.28. The fourth-order valence-electron chi connectivity index (χ4n) is 3.55. The molecule has 0 unspecified atom stereocenters. The van der Waals surface area contributed by atoms with Crippen LogP contribution in [0.5, 0.6) is 0 Å². The minimum absolute atomic E-state index is 0.109. The highest BCUT2D eigenvalue weighted by molar-refractivity contribution is 5.93. The van der Waals surface area contributed by atoms with Gasteiger partial charge in [-0.05, 0) is 67.8 Å². The molecule has 1 aromatic rings. The van der Waals surface area contributed by atoms with Crippen molar-refractivity contribution < 1.29 is 4.79 Å². The van der Waals surface area contributed by atoms with Gasteiger partial charge in [0.15, 0.2) is 0 Å². The van der Waals surface area contributed by atoms with E-state index in [9.17, 15) is 4.79 Å². The number of aryl methyl sites for hydroxylation is 2. The third-order valence-corrected chi connectivity index (χ3v) is 4.66. The predicted octanol–water partition coefficient (Wildman–Crippen LogP) is 2.49. The Bertz CT molecular complexity index is 484. The van der Waals surface area contributed by atoms with Crippen LogP contribution in [0.3, 0.4) is 0 Å². The molecule has 2 aliphatic carbocycles. The van der Waals surface area contributed by atoms with Gasteiger partial charge in [-0.3, -0.25) is 4.79 Å².